The molecule has 0 saturated heterocycles. The van der Waals surface area contributed by atoms with Gasteiger partial charge < -0.3 is 14.5 Å². The minimum atomic E-state index is -3.72. The summed E-state index contributed by atoms with van der Waals surface area (Å²) in [5.41, 5.74) is 2.29. The molecular formula is C22H24N2O5S. The smallest absolute Gasteiger partial charge is 0.251 e. The molecule has 0 radical (unpaired) electrons. The molecular weight excluding hydrogens is 404 g/mol. The zero-order chi connectivity index (χ0) is 21.7. The summed E-state index contributed by atoms with van der Waals surface area (Å²) in [5, 5.41) is 2.92. The van der Waals surface area contributed by atoms with Crippen molar-refractivity contribution in [1.82, 2.24) is 10.0 Å². The van der Waals surface area contributed by atoms with Gasteiger partial charge in [0, 0.05) is 11.1 Å². The average molecular weight is 429 g/mol. The quantitative estimate of drug-likeness (QED) is 0.572. The molecule has 158 valence electrons. The third-order valence-electron chi connectivity index (χ3n) is 4.64. The lowest BCUT2D eigenvalue weighted by Crippen LogP contribution is -2.27. The minimum Gasteiger partial charge on any atom is -0.496 e. The first-order chi connectivity index (χ1) is 14.3. The highest BCUT2D eigenvalue weighted by atomic mass is 32.2. The molecule has 30 heavy (non-hydrogen) atoms. The summed E-state index contributed by atoms with van der Waals surface area (Å²) in [4.78, 5) is 12.7. The molecule has 7 nitrogen and oxygen atoms in total. The second-order valence-corrected chi connectivity index (χ2v) is 8.64. The Morgan fingerprint density at radius 2 is 1.87 bits per heavy atom. The van der Waals surface area contributed by atoms with Crippen molar-refractivity contribution < 1.29 is 22.4 Å². The van der Waals surface area contributed by atoms with Crippen molar-refractivity contribution in [1.29, 1.82) is 0 Å². The van der Waals surface area contributed by atoms with E-state index in [-0.39, 0.29) is 23.4 Å². The van der Waals surface area contributed by atoms with E-state index in [1.165, 1.54) is 30.5 Å². The summed E-state index contributed by atoms with van der Waals surface area (Å²) < 4.78 is 37.8. The number of methoxy groups -OCH3 is 1. The van der Waals surface area contributed by atoms with E-state index in [0.717, 1.165) is 11.1 Å². The molecule has 2 N–H and O–H groups in total. The van der Waals surface area contributed by atoms with Gasteiger partial charge in [-0.1, -0.05) is 17.7 Å². The standard InChI is InChI=1S/C22H24N2O5S/c1-15-6-11-21(28-3)20(13-15)16(2)24-22(25)17-7-9-19(10-8-17)30(26,27)23-14-18-5-4-12-29-18/h4-13,16,23H,14H2,1-3H3,(H,24,25)/t16-/m0/s1. The zero-order valence-electron chi connectivity index (χ0n) is 17.0. The molecule has 1 aromatic heterocycles. The van der Waals surface area contributed by atoms with Crippen molar-refractivity contribution in [3.05, 3.63) is 83.3 Å². The van der Waals surface area contributed by atoms with Crippen molar-refractivity contribution in [3.63, 3.8) is 0 Å². The van der Waals surface area contributed by atoms with Crippen molar-refractivity contribution >= 4 is 15.9 Å². The van der Waals surface area contributed by atoms with Gasteiger partial charge in [0.25, 0.3) is 5.91 Å². The van der Waals surface area contributed by atoms with Crippen LogP contribution in [0.4, 0.5) is 0 Å². The van der Waals surface area contributed by atoms with E-state index in [1.54, 1.807) is 19.2 Å². The van der Waals surface area contributed by atoms with Crippen LogP contribution in [0.25, 0.3) is 0 Å². The van der Waals surface area contributed by atoms with E-state index in [4.69, 9.17) is 9.15 Å². The molecule has 1 heterocycles. The summed E-state index contributed by atoms with van der Waals surface area (Å²) in [6.45, 7) is 3.89. The Balaban J connectivity index is 1.68. The number of aryl methyl sites for hydroxylation is 1. The van der Waals surface area contributed by atoms with Gasteiger partial charge >= 0.3 is 0 Å². The topological polar surface area (TPSA) is 97.6 Å². The number of furan rings is 1. The number of ether oxygens (including phenoxy) is 1. The Hall–Kier alpha value is -3.10. The lowest BCUT2D eigenvalue weighted by molar-refractivity contribution is 0.0939. The summed E-state index contributed by atoms with van der Waals surface area (Å²) in [6.07, 6.45) is 1.48. The number of hydrogen-bond acceptors (Lipinski definition) is 5. The van der Waals surface area contributed by atoms with E-state index >= 15 is 0 Å². The average Bonchev–Trinajstić information content (AvgIpc) is 3.26. The maximum Gasteiger partial charge on any atom is 0.251 e. The first-order valence-corrected chi connectivity index (χ1v) is 10.9. The van der Waals surface area contributed by atoms with Crippen LogP contribution in [0.5, 0.6) is 5.75 Å². The zero-order valence-corrected chi connectivity index (χ0v) is 17.8. The van der Waals surface area contributed by atoms with Crippen LogP contribution < -0.4 is 14.8 Å². The van der Waals surface area contributed by atoms with Crippen LogP contribution in [0.1, 0.15) is 40.2 Å². The number of carbonyl (C=O) groups is 1. The van der Waals surface area contributed by atoms with Gasteiger partial charge in [-0.05, 0) is 56.3 Å². The van der Waals surface area contributed by atoms with E-state index in [2.05, 4.69) is 10.0 Å². The number of benzene rings is 2. The lowest BCUT2D eigenvalue weighted by Gasteiger charge is -2.18. The Bertz CT molecular complexity index is 1110. The minimum absolute atomic E-state index is 0.0490. The Morgan fingerprint density at radius 3 is 2.50 bits per heavy atom. The van der Waals surface area contributed by atoms with Crippen molar-refractivity contribution in [2.75, 3.05) is 7.11 Å². The molecule has 0 aliphatic carbocycles. The fourth-order valence-corrected chi connectivity index (χ4v) is 3.99. The summed E-state index contributed by atoms with van der Waals surface area (Å²) >= 11 is 0. The SMILES string of the molecule is COc1ccc(C)cc1[C@H](C)NC(=O)c1ccc(S(=O)(=O)NCc2ccco2)cc1. The fourth-order valence-electron chi connectivity index (χ4n) is 3.00. The van der Waals surface area contributed by atoms with E-state index < -0.39 is 10.0 Å². The molecule has 3 rings (SSSR count). The van der Waals surface area contributed by atoms with Crippen LogP contribution in [0.2, 0.25) is 0 Å². The van der Waals surface area contributed by atoms with Crippen LogP contribution >= 0.6 is 0 Å². The third kappa shape index (κ3) is 5.08. The van der Waals surface area contributed by atoms with Gasteiger partial charge in [-0.25, -0.2) is 13.1 Å². The Kier molecular flexibility index (Phi) is 6.59. The molecule has 0 saturated carbocycles. The monoisotopic (exact) mass is 428 g/mol. The first-order valence-electron chi connectivity index (χ1n) is 9.37. The largest absolute Gasteiger partial charge is 0.496 e. The van der Waals surface area contributed by atoms with E-state index in [1.807, 2.05) is 32.0 Å². The van der Waals surface area contributed by atoms with E-state index in [9.17, 15) is 13.2 Å². The number of nitrogens with one attached hydrogen (secondary N) is 2. The lowest BCUT2D eigenvalue weighted by atomic mass is 10.0. The molecule has 1 atom stereocenters. The van der Waals surface area contributed by atoms with Crippen LogP contribution in [-0.4, -0.2) is 21.4 Å². The molecule has 0 fully saturated rings. The molecule has 0 spiro atoms. The number of hydrogen-bond donors (Lipinski definition) is 2. The maximum atomic E-state index is 12.6. The Labute approximate surface area is 176 Å². The summed E-state index contributed by atoms with van der Waals surface area (Å²) in [7, 11) is -2.13. The van der Waals surface area contributed by atoms with Gasteiger partial charge in [-0.15, -0.1) is 0 Å². The molecule has 0 unspecified atom stereocenters. The molecule has 0 aliphatic rings. The Morgan fingerprint density at radius 1 is 1.13 bits per heavy atom. The van der Waals surface area contributed by atoms with Crippen LogP contribution in [0.15, 0.2) is 70.2 Å². The molecule has 0 aliphatic heterocycles. The number of rotatable bonds is 8. The van der Waals surface area contributed by atoms with Gasteiger partial charge in [-0.3, -0.25) is 4.79 Å². The number of sulfonamides is 1. The highest BCUT2D eigenvalue weighted by Gasteiger charge is 2.18. The molecule has 8 heteroatoms. The second-order valence-electron chi connectivity index (χ2n) is 6.87. The normalized spacial score (nSPS) is 12.4. The maximum absolute atomic E-state index is 12.6. The number of carbonyl (C=O) groups excluding carboxylic acids is 1. The van der Waals surface area contributed by atoms with Crippen LogP contribution in [-0.2, 0) is 16.6 Å². The van der Waals surface area contributed by atoms with Gasteiger partial charge in [0.15, 0.2) is 0 Å². The number of amides is 1. The van der Waals surface area contributed by atoms with Crippen LogP contribution in [0.3, 0.4) is 0 Å². The van der Waals surface area contributed by atoms with Gasteiger partial charge in [0.05, 0.1) is 30.9 Å². The highest BCUT2D eigenvalue weighted by molar-refractivity contribution is 7.89. The third-order valence-corrected chi connectivity index (χ3v) is 6.06. The van der Waals surface area contributed by atoms with Crippen molar-refractivity contribution in [2.45, 2.75) is 31.3 Å². The molecule has 3 aromatic rings. The second kappa shape index (κ2) is 9.15. The van der Waals surface area contributed by atoms with E-state index in [0.29, 0.717) is 17.1 Å². The van der Waals surface area contributed by atoms with Gasteiger partial charge in [-0.2, -0.15) is 0 Å². The molecule has 2 aromatic carbocycles. The predicted molar refractivity (Wildman–Crippen MR) is 113 cm³/mol. The predicted octanol–water partition coefficient (Wildman–Crippen LogP) is 3.57. The summed E-state index contributed by atoms with van der Waals surface area (Å²) in [5.74, 6) is 0.895. The van der Waals surface area contributed by atoms with Crippen molar-refractivity contribution in [3.8, 4) is 5.75 Å². The van der Waals surface area contributed by atoms with Crippen LogP contribution in [0, 0.1) is 6.92 Å². The molecule has 1 amide bonds. The summed E-state index contributed by atoms with van der Waals surface area (Å²) in [6, 6.07) is 14.6. The van der Waals surface area contributed by atoms with Gasteiger partial charge in [0.1, 0.15) is 11.5 Å². The fraction of sp³-hybridized carbons (Fsp3) is 0.227. The van der Waals surface area contributed by atoms with Crippen molar-refractivity contribution in [2.24, 2.45) is 0 Å². The highest BCUT2D eigenvalue weighted by Crippen LogP contribution is 2.26. The first kappa shape index (κ1) is 21.6. The molecule has 0 bridgehead atoms. The van der Waals surface area contributed by atoms with Gasteiger partial charge in [0.2, 0.25) is 10.0 Å².